The van der Waals surface area contributed by atoms with Crippen molar-refractivity contribution in [2.24, 2.45) is 7.05 Å². The molecular weight excluding hydrogens is 393 g/mol. The molecule has 0 saturated heterocycles. The molecule has 3 rings (SSSR count). The Morgan fingerprint density at radius 2 is 1.96 bits per heavy atom. The Balaban J connectivity index is 1.62. The van der Waals surface area contributed by atoms with Crippen LogP contribution < -0.4 is 9.47 Å². The molecule has 0 atom stereocenters. The minimum absolute atomic E-state index is 0.268. The maximum Gasteiger partial charge on any atom is 0.191 e. The van der Waals surface area contributed by atoms with E-state index in [-0.39, 0.29) is 6.61 Å². The molecule has 0 bridgehead atoms. The molecule has 0 radical (unpaired) electrons. The van der Waals surface area contributed by atoms with Crippen molar-refractivity contribution >= 4 is 35.0 Å². The molecule has 0 spiro atoms. The van der Waals surface area contributed by atoms with E-state index in [1.807, 2.05) is 29.8 Å². The highest BCUT2D eigenvalue weighted by Gasteiger charge is 2.11. The number of methoxy groups -OCH3 is 1. The van der Waals surface area contributed by atoms with Gasteiger partial charge in [-0.3, -0.25) is 0 Å². The van der Waals surface area contributed by atoms with Crippen molar-refractivity contribution in [3.63, 3.8) is 0 Å². The molecule has 0 aliphatic heterocycles. The quantitative estimate of drug-likeness (QED) is 0.513. The van der Waals surface area contributed by atoms with E-state index in [1.54, 1.807) is 37.1 Å². The molecular formula is C18H17Cl2N3O2S. The van der Waals surface area contributed by atoms with Crippen molar-refractivity contribution in [1.29, 1.82) is 0 Å². The van der Waals surface area contributed by atoms with Gasteiger partial charge in [0.1, 0.15) is 18.1 Å². The van der Waals surface area contributed by atoms with Crippen molar-refractivity contribution in [3.8, 4) is 11.5 Å². The number of benzene rings is 2. The summed E-state index contributed by atoms with van der Waals surface area (Å²) in [5, 5.41) is 10.3. The SMILES string of the molecule is COc1cccc(CSc2nnc(COc3ccc(Cl)cc3Cl)n2C)c1. The van der Waals surface area contributed by atoms with Gasteiger partial charge in [0, 0.05) is 17.8 Å². The lowest BCUT2D eigenvalue weighted by molar-refractivity contribution is 0.290. The van der Waals surface area contributed by atoms with Gasteiger partial charge in [-0.15, -0.1) is 10.2 Å². The molecule has 3 aromatic rings. The number of ether oxygens (including phenoxy) is 2. The predicted molar refractivity (Wildman–Crippen MR) is 104 cm³/mol. The fourth-order valence-electron chi connectivity index (χ4n) is 2.24. The second kappa shape index (κ2) is 8.66. The third-order valence-corrected chi connectivity index (χ3v) is 5.30. The van der Waals surface area contributed by atoms with Gasteiger partial charge in [-0.1, -0.05) is 47.1 Å². The highest BCUT2D eigenvalue weighted by Crippen LogP contribution is 2.28. The molecule has 8 heteroatoms. The van der Waals surface area contributed by atoms with E-state index in [4.69, 9.17) is 32.7 Å². The summed E-state index contributed by atoms with van der Waals surface area (Å²) in [6.45, 7) is 0.268. The summed E-state index contributed by atoms with van der Waals surface area (Å²) < 4.78 is 12.9. The molecule has 0 unspecified atom stereocenters. The monoisotopic (exact) mass is 409 g/mol. The summed E-state index contributed by atoms with van der Waals surface area (Å²) in [4.78, 5) is 0. The van der Waals surface area contributed by atoms with Gasteiger partial charge < -0.3 is 14.0 Å². The normalized spacial score (nSPS) is 10.8. The first-order valence-electron chi connectivity index (χ1n) is 7.78. The lowest BCUT2D eigenvalue weighted by atomic mass is 10.2. The van der Waals surface area contributed by atoms with Gasteiger partial charge in [0.15, 0.2) is 11.0 Å². The smallest absolute Gasteiger partial charge is 0.191 e. The summed E-state index contributed by atoms with van der Waals surface area (Å²) in [7, 11) is 3.57. The maximum absolute atomic E-state index is 6.12. The van der Waals surface area contributed by atoms with Crippen LogP contribution >= 0.6 is 35.0 Å². The van der Waals surface area contributed by atoms with Crippen molar-refractivity contribution in [2.75, 3.05) is 7.11 Å². The predicted octanol–water partition coefficient (Wildman–Crippen LogP) is 5.00. The number of halogens is 2. The fraction of sp³-hybridized carbons (Fsp3) is 0.222. The third-order valence-electron chi connectivity index (χ3n) is 3.68. The minimum atomic E-state index is 0.268. The van der Waals surface area contributed by atoms with Gasteiger partial charge in [0.05, 0.1) is 12.1 Å². The Hall–Kier alpha value is -1.89. The number of nitrogens with zero attached hydrogens (tertiary/aromatic N) is 3. The molecule has 136 valence electrons. The Morgan fingerprint density at radius 3 is 2.73 bits per heavy atom. The molecule has 0 saturated carbocycles. The van der Waals surface area contributed by atoms with Crippen molar-refractivity contribution < 1.29 is 9.47 Å². The lowest BCUT2D eigenvalue weighted by Crippen LogP contribution is -2.04. The van der Waals surface area contributed by atoms with E-state index in [1.165, 1.54) is 0 Å². The molecule has 26 heavy (non-hydrogen) atoms. The molecule has 1 aromatic heterocycles. The molecule has 0 aliphatic rings. The van der Waals surface area contributed by atoms with Crippen LogP contribution in [0.4, 0.5) is 0 Å². The van der Waals surface area contributed by atoms with Crippen LogP contribution in [0.5, 0.6) is 11.5 Å². The van der Waals surface area contributed by atoms with E-state index >= 15 is 0 Å². The standard InChI is InChI=1S/C18H17Cl2N3O2S/c1-23-17(10-25-16-7-6-13(19)9-15(16)20)21-22-18(23)26-11-12-4-3-5-14(8-12)24-2/h3-9H,10-11H2,1-2H3. The summed E-state index contributed by atoms with van der Waals surface area (Å²) in [6, 6.07) is 13.1. The van der Waals surface area contributed by atoms with Gasteiger partial charge >= 0.3 is 0 Å². The van der Waals surface area contributed by atoms with Crippen LogP contribution in [0, 0.1) is 0 Å². The molecule has 0 amide bonds. The number of thioether (sulfide) groups is 1. The number of hydrogen-bond acceptors (Lipinski definition) is 5. The summed E-state index contributed by atoms with van der Waals surface area (Å²) in [6.07, 6.45) is 0. The van der Waals surface area contributed by atoms with Gasteiger partial charge in [0.25, 0.3) is 0 Å². The third kappa shape index (κ3) is 4.63. The highest BCUT2D eigenvalue weighted by molar-refractivity contribution is 7.98. The van der Waals surface area contributed by atoms with Crippen LogP contribution in [0.1, 0.15) is 11.4 Å². The van der Waals surface area contributed by atoms with Crippen LogP contribution in [0.2, 0.25) is 10.0 Å². The molecule has 0 fully saturated rings. The molecule has 0 aliphatic carbocycles. The van der Waals surface area contributed by atoms with Gasteiger partial charge in [-0.25, -0.2) is 0 Å². The van der Waals surface area contributed by atoms with Gasteiger partial charge in [0.2, 0.25) is 0 Å². The zero-order valence-electron chi connectivity index (χ0n) is 14.3. The summed E-state index contributed by atoms with van der Waals surface area (Å²) in [5.41, 5.74) is 1.16. The van der Waals surface area contributed by atoms with Crippen molar-refractivity contribution in [3.05, 3.63) is 63.9 Å². The Bertz CT molecular complexity index is 902. The number of hydrogen-bond donors (Lipinski definition) is 0. The fourth-order valence-corrected chi connectivity index (χ4v) is 3.58. The zero-order valence-corrected chi connectivity index (χ0v) is 16.6. The topological polar surface area (TPSA) is 49.2 Å². The Morgan fingerprint density at radius 1 is 1.12 bits per heavy atom. The van der Waals surface area contributed by atoms with E-state index in [0.717, 1.165) is 22.2 Å². The van der Waals surface area contributed by atoms with Gasteiger partial charge in [-0.2, -0.15) is 0 Å². The summed E-state index contributed by atoms with van der Waals surface area (Å²) in [5.74, 6) is 2.89. The average molecular weight is 410 g/mol. The molecule has 0 N–H and O–H groups in total. The molecule has 1 heterocycles. The first kappa shape index (κ1) is 18.9. The first-order chi connectivity index (χ1) is 12.6. The van der Waals surface area contributed by atoms with E-state index < -0.39 is 0 Å². The second-order valence-electron chi connectivity index (χ2n) is 5.46. The van der Waals surface area contributed by atoms with E-state index in [9.17, 15) is 0 Å². The van der Waals surface area contributed by atoms with Crippen LogP contribution in [0.3, 0.4) is 0 Å². The number of rotatable bonds is 7. The largest absolute Gasteiger partial charge is 0.497 e. The average Bonchev–Trinajstić information content (AvgIpc) is 2.99. The lowest BCUT2D eigenvalue weighted by Gasteiger charge is -2.08. The van der Waals surface area contributed by atoms with Crippen molar-refractivity contribution in [1.82, 2.24) is 14.8 Å². The maximum atomic E-state index is 6.12. The second-order valence-corrected chi connectivity index (χ2v) is 7.25. The number of aromatic nitrogens is 3. The van der Waals surface area contributed by atoms with Crippen LogP contribution in [0.25, 0.3) is 0 Å². The minimum Gasteiger partial charge on any atom is -0.497 e. The Labute approximate surface area is 166 Å². The highest BCUT2D eigenvalue weighted by atomic mass is 35.5. The van der Waals surface area contributed by atoms with Gasteiger partial charge in [-0.05, 0) is 35.9 Å². The van der Waals surface area contributed by atoms with Crippen molar-refractivity contribution in [2.45, 2.75) is 17.5 Å². The van der Waals surface area contributed by atoms with Crippen LogP contribution in [-0.4, -0.2) is 21.9 Å². The molecule has 5 nitrogen and oxygen atoms in total. The van der Waals surface area contributed by atoms with E-state index in [0.29, 0.717) is 21.6 Å². The van der Waals surface area contributed by atoms with E-state index in [2.05, 4.69) is 16.3 Å². The first-order valence-corrected chi connectivity index (χ1v) is 9.53. The zero-order chi connectivity index (χ0) is 18.5. The van der Waals surface area contributed by atoms with Crippen LogP contribution in [0.15, 0.2) is 47.6 Å². The van der Waals surface area contributed by atoms with Crippen LogP contribution in [-0.2, 0) is 19.4 Å². The molecule has 2 aromatic carbocycles. The summed E-state index contributed by atoms with van der Waals surface area (Å²) >= 11 is 13.6. The Kier molecular flexibility index (Phi) is 6.29.